The second-order valence-corrected chi connectivity index (χ2v) is 6.89. The molecule has 9 nitrogen and oxygen atoms in total. The topological polar surface area (TPSA) is 111 Å². The molecule has 0 bridgehead atoms. The van der Waals surface area contributed by atoms with Crippen molar-refractivity contribution in [1.29, 1.82) is 0 Å². The number of hydrogen-bond acceptors (Lipinski definition) is 8. The van der Waals surface area contributed by atoms with Crippen molar-refractivity contribution in [3.05, 3.63) is 48.5 Å². The number of aliphatic hydroxyl groups excluding tert-OH is 1. The van der Waals surface area contributed by atoms with Crippen LogP contribution >= 0.6 is 0 Å². The van der Waals surface area contributed by atoms with Crippen molar-refractivity contribution in [3.8, 4) is 17.3 Å². The molecule has 0 aliphatic rings. The normalized spacial score (nSPS) is 11.3. The summed E-state index contributed by atoms with van der Waals surface area (Å²) in [5.74, 6) is 2.01. The number of para-hydroxylation sites is 1. The molecule has 1 aromatic carbocycles. The van der Waals surface area contributed by atoms with Crippen LogP contribution < -0.4 is 10.1 Å². The zero-order valence-electron chi connectivity index (χ0n) is 17.2. The molecule has 0 saturated carbocycles. The summed E-state index contributed by atoms with van der Waals surface area (Å²) in [7, 11) is 0. The lowest BCUT2D eigenvalue weighted by molar-refractivity contribution is 0.123. The smallest absolute Gasteiger partial charge is 0.257 e. The second-order valence-electron chi connectivity index (χ2n) is 6.89. The Kier molecular flexibility index (Phi) is 6.45. The van der Waals surface area contributed by atoms with Crippen LogP contribution in [0.15, 0.2) is 42.7 Å². The standard InChI is InChI=1S/C21H21F2N7O2/c1-13-24-8-7-18(26-13)27-20-16(32-10-4-9-31)11-25-21(28-20)19-14-5-2-3-6-15(14)30(29-19)12-17(22)23/h2-3,5-8,11,17,31H,4,9-10,12H2,1H3,(H,24,25,26,27,28). The van der Waals surface area contributed by atoms with Crippen LogP contribution in [-0.2, 0) is 6.54 Å². The van der Waals surface area contributed by atoms with Gasteiger partial charge in [0.25, 0.3) is 6.43 Å². The van der Waals surface area contributed by atoms with Crippen LogP contribution in [0.25, 0.3) is 22.4 Å². The van der Waals surface area contributed by atoms with Gasteiger partial charge in [-0.2, -0.15) is 5.10 Å². The van der Waals surface area contributed by atoms with Gasteiger partial charge in [-0.25, -0.2) is 28.7 Å². The number of aromatic nitrogens is 6. The van der Waals surface area contributed by atoms with Crippen LogP contribution in [0.2, 0.25) is 0 Å². The number of aliphatic hydroxyl groups is 1. The minimum Gasteiger partial charge on any atom is -0.488 e. The Balaban J connectivity index is 1.76. The molecule has 0 fully saturated rings. The largest absolute Gasteiger partial charge is 0.488 e. The third kappa shape index (κ3) is 4.78. The van der Waals surface area contributed by atoms with Crippen molar-refractivity contribution in [1.82, 2.24) is 29.7 Å². The van der Waals surface area contributed by atoms with E-state index < -0.39 is 13.0 Å². The van der Waals surface area contributed by atoms with E-state index in [0.29, 0.717) is 46.2 Å². The number of aryl methyl sites for hydroxylation is 1. The highest BCUT2D eigenvalue weighted by atomic mass is 19.3. The summed E-state index contributed by atoms with van der Waals surface area (Å²) >= 11 is 0. The van der Waals surface area contributed by atoms with Gasteiger partial charge in [0, 0.05) is 24.6 Å². The van der Waals surface area contributed by atoms with Gasteiger partial charge >= 0.3 is 0 Å². The molecule has 3 aromatic heterocycles. The molecule has 0 atom stereocenters. The number of nitrogens with zero attached hydrogens (tertiary/aromatic N) is 6. The maximum absolute atomic E-state index is 13.1. The first-order valence-electron chi connectivity index (χ1n) is 9.96. The van der Waals surface area contributed by atoms with Crippen LogP contribution in [0.1, 0.15) is 12.2 Å². The lowest BCUT2D eigenvalue weighted by Gasteiger charge is -2.12. The molecule has 32 heavy (non-hydrogen) atoms. The predicted octanol–water partition coefficient (Wildman–Crippen LogP) is 3.36. The van der Waals surface area contributed by atoms with Gasteiger partial charge in [-0.15, -0.1) is 0 Å². The summed E-state index contributed by atoms with van der Waals surface area (Å²) in [5.41, 5.74) is 0.945. The molecule has 0 saturated heterocycles. The molecule has 0 aliphatic heterocycles. The number of nitrogens with one attached hydrogen (secondary N) is 1. The Morgan fingerprint density at radius 1 is 1.16 bits per heavy atom. The minimum atomic E-state index is -2.55. The number of fused-ring (bicyclic) bond motifs is 1. The molecule has 3 heterocycles. The number of rotatable bonds is 9. The maximum atomic E-state index is 13.1. The van der Waals surface area contributed by atoms with Gasteiger partial charge in [-0.3, -0.25) is 4.68 Å². The first-order valence-corrected chi connectivity index (χ1v) is 9.96. The number of alkyl halides is 2. The minimum absolute atomic E-state index is 0.0135. The van der Waals surface area contributed by atoms with Crippen LogP contribution in [0.3, 0.4) is 0 Å². The Morgan fingerprint density at radius 2 is 2.00 bits per heavy atom. The van der Waals surface area contributed by atoms with Gasteiger partial charge in [0.1, 0.15) is 23.9 Å². The quantitative estimate of drug-likeness (QED) is 0.381. The van der Waals surface area contributed by atoms with Gasteiger partial charge in [-0.1, -0.05) is 18.2 Å². The zero-order chi connectivity index (χ0) is 22.5. The van der Waals surface area contributed by atoms with Crippen molar-refractivity contribution in [2.75, 3.05) is 18.5 Å². The summed E-state index contributed by atoms with van der Waals surface area (Å²) in [6, 6.07) is 8.76. The number of halogens is 2. The molecule has 0 spiro atoms. The fraction of sp³-hybridized carbons (Fsp3) is 0.286. The van der Waals surface area contributed by atoms with Crippen LogP contribution in [0, 0.1) is 6.92 Å². The van der Waals surface area contributed by atoms with E-state index in [2.05, 4.69) is 30.4 Å². The molecule has 11 heteroatoms. The lowest BCUT2D eigenvalue weighted by atomic mass is 10.2. The highest BCUT2D eigenvalue weighted by molar-refractivity contribution is 5.91. The van der Waals surface area contributed by atoms with Crippen molar-refractivity contribution in [2.45, 2.75) is 26.3 Å². The van der Waals surface area contributed by atoms with E-state index in [1.807, 2.05) is 0 Å². The molecular formula is C21H21F2N7O2. The Hall–Kier alpha value is -3.73. The number of hydrogen-bond donors (Lipinski definition) is 2. The summed E-state index contributed by atoms with van der Waals surface area (Å²) < 4.78 is 33.1. The van der Waals surface area contributed by atoms with E-state index >= 15 is 0 Å². The number of benzene rings is 1. The van der Waals surface area contributed by atoms with Gasteiger partial charge in [0.15, 0.2) is 17.4 Å². The van der Waals surface area contributed by atoms with Crippen molar-refractivity contribution in [2.24, 2.45) is 0 Å². The lowest BCUT2D eigenvalue weighted by Crippen LogP contribution is -2.08. The highest BCUT2D eigenvalue weighted by Crippen LogP contribution is 2.31. The van der Waals surface area contributed by atoms with E-state index in [-0.39, 0.29) is 19.0 Å². The van der Waals surface area contributed by atoms with Gasteiger partial charge < -0.3 is 15.2 Å². The fourth-order valence-electron chi connectivity index (χ4n) is 3.14. The van der Waals surface area contributed by atoms with Gasteiger partial charge in [0.05, 0.1) is 18.3 Å². The molecule has 0 unspecified atom stereocenters. The van der Waals surface area contributed by atoms with E-state index in [4.69, 9.17) is 9.84 Å². The predicted molar refractivity (Wildman–Crippen MR) is 114 cm³/mol. The molecule has 166 valence electrons. The molecule has 2 N–H and O–H groups in total. The zero-order valence-corrected chi connectivity index (χ0v) is 17.2. The van der Waals surface area contributed by atoms with E-state index in [1.165, 1.54) is 10.9 Å². The summed E-state index contributed by atoms with van der Waals surface area (Å²) in [6.45, 7) is 1.48. The average Bonchev–Trinajstić information content (AvgIpc) is 3.13. The highest BCUT2D eigenvalue weighted by Gasteiger charge is 2.19. The van der Waals surface area contributed by atoms with Crippen LogP contribution in [0.5, 0.6) is 5.75 Å². The first-order chi connectivity index (χ1) is 15.5. The first kappa shape index (κ1) is 21.5. The average molecular weight is 441 g/mol. The second kappa shape index (κ2) is 9.60. The van der Waals surface area contributed by atoms with Gasteiger partial charge in [-0.05, 0) is 19.1 Å². The molecule has 0 amide bonds. The fourth-order valence-corrected chi connectivity index (χ4v) is 3.14. The SMILES string of the molecule is Cc1nccc(Nc2nc(-c3nn(CC(F)F)c4ccccc34)ncc2OCCCO)n1. The Bertz CT molecular complexity index is 1220. The Morgan fingerprint density at radius 3 is 2.78 bits per heavy atom. The third-order valence-corrected chi connectivity index (χ3v) is 4.52. The monoisotopic (exact) mass is 441 g/mol. The van der Waals surface area contributed by atoms with Crippen molar-refractivity contribution in [3.63, 3.8) is 0 Å². The van der Waals surface area contributed by atoms with E-state index in [0.717, 1.165) is 0 Å². The molecule has 4 rings (SSSR count). The van der Waals surface area contributed by atoms with E-state index in [1.54, 1.807) is 43.5 Å². The number of ether oxygens (including phenoxy) is 1. The van der Waals surface area contributed by atoms with Gasteiger partial charge in [0.2, 0.25) is 0 Å². The Labute approximate surface area is 182 Å². The summed E-state index contributed by atoms with van der Waals surface area (Å²) in [5, 5.41) is 17.1. The molecule has 0 aliphatic carbocycles. The van der Waals surface area contributed by atoms with Crippen LogP contribution in [-0.4, -0.2) is 54.5 Å². The van der Waals surface area contributed by atoms with Crippen molar-refractivity contribution < 1.29 is 18.6 Å². The molecule has 0 radical (unpaired) electrons. The summed E-state index contributed by atoms with van der Waals surface area (Å²) in [6.07, 6.45) is 0.985. The van der Waals surface area contributed by atoms with Crippen molar-refractivity contribution >= 4 is 22.5 Å². The molecule has 4 aromatic rings. The van der Waals surface area contributed by atoms with E-state index in [9.17, 15) is 8.78 Å². The van der Waals surface area contributed by atoms with Crippen LogP contribution in [0.4, 0.5) is 20.4 Å². The third-order valence-electron chi connectivity index (χ3n) is 4.52. The number of anilines is 2. The summed E-state index contributed by atoms with van der Waals surface area (Å²) in [4.78, 5) is 17.3. The maximum Gasteiger partial charge on any atom is 0.257 e. The molecular weight excluding hydrogens is 420 g/mol.